The Morgan fingerprint density at radius 3 is 2.50 bits per heavy atom. The topological polar surface area (TPSA) is 84.5 Å². The van der Waals surface area contributed by atoms with Gasteiger partial charge in [0.05, 0.1) is 25.1 Å². The molecule has 0 bridgehead atoms. The van der Waals surface area contributed by atoms with Crippen molar-refractivity contribution >= 4 is 35.1 Å². The van der Waals surface area contributed by atoms with Crippen LogP contribution in [0.25, 0.3) is 0 Å². The van der Waals surface area contributed by atoms with Gasteiger partial charge in [-0.05, 0) is 29.8 Å². The average Bonchev–Trinajstić information content (AvgIpc) is 2.60. The Hall–Kier alpha value is -2.86. The van der Waals surface area contributed by atoms with Crippen molar-refractivity contribution in [3.8, 4) is 0 Å². The van der Waals surface area contributed by atoms with Crippen molar-refractivity contribution in [3.05, 3.63) is 64.7 Å². The van der Waals surface area contributed by atoms with E-state index in [0.717, 1.165) is 0 Å². The molecule has 0 radical (unpaired) electrons. The summed E-state index contributed by atoms with van der Waals surface area (Å²) in [6.07, 6.45) is -0.00817. The molecule has 136 valence electrons. The van der Waals surface area contributed by atoms with Crippen molar-refractivity contribution in [3.63, 3.8) is 0 Å². The Kier molecular flexibility index (Phi) is 6.74. The molecular formula is C19H19ClN2O4. The second-order valence-electron chi connectivity index (χ2n) is 5.60. The predicted octanol–water partition coefficient (Wildman–Crippen LogP) is 3.33. The van der Waals surface area contributed by atoms with Crippen molar-refractivity contribution in [2.45, 2.75) is 19.4 Å². The minimum atomic E-state index is -0.565. The molecule has 2 rings (SSSR count). The summed E-state index contributed by atoms with van der Waals surface area (Å²) in [6.45, 7) is 1.38. The van der Waals surface area contributed by atoms with E-state index in [1.807, 2.05) is 0 Å². The first-order valence-electron chi connectivity index (χ1n) is 7.90. The zero-order chi connectivity index (χ0) is 19.1. The maximum Gasteiger partial charge on any atom is 0.337 e. The van der Waals surface area contributed by atoms with Gasteiger partial charge in [0.15, 0.2) is 0 Å². The fourth-order valence-electron chi connectivity index (χ4n) is 2.48. The highest BCUT2D eigenvalue weighted by molar-refractivity contribution is 6.31. The van der Waals surface area contributed by atoms with Gasteiger partial charge in [-0.1, -0.05) is 35.9 Å². The Morgan fingerprint density at radius 1 is 1.12 bits per heavy atom. The second kappa shape index (κ2) is 9.01. The fourth-order valence-corrected chi connectivity index (χ4v) is 2.75. The molecule has 7 heteroatoms. The van der Waals surface area contributed by atoms with Crippen LogP contribution in [0.5, 0.6) is 0 Å². The smallest absolute Gasteiger partial charge is 0.337 e. The summed E-state index contributed by atoms with van der Waals surface area (Å²) < 4.78 is 4.66. The first kappa shape index (κ1) is 19.5. The number of carbonyl (C=O) groups is 3. The zero-order valence-electron chi connectivity index (χ0n) is 14.4. The molecule has 0 aliphatic carbocycles. The minimum absolute atomic E-state index is 0.00817. The lowest BCUT2D eigenvalue weighted by atomic mass is 10.0. The van der Waals surface area contributed by atoms with Crippen molar-refractivity contribution in [2.24, 2.45) is 0 Å². The lowest BCUT2D eigenvalue weighted by molar-refractivity contribution is -0.120. The number of carbonyl (C=O) groups excluding carboxylic acids is 3. The SMILES string of the molecule is COC(=O)c1cccc(NC(=O)CC(NC(C)=O)c2ccccc2Cl)c1. The van der Waals surface area contributed by atoms with E-state index in [4.69, 9.17) is 11.6 Å². The third-order valence-corrected chi connectivity index (χ3v) is 3.96. The summed E-state index contributed by atoms with van der Waals surface area (Å²) in [7, 11) is 1.29. The summed E-state index contributed by atoms with van der Waals surface area (Å²) in [5.41, 5.74) is 1.44. The number of esters is 1. The van der Waals surface area contributed by atoms with Gasteiger partial charge in [0.1, 0.15) is 0 Å². The number of nitrogens with one attached hydrogen (secondary N) is 2. The third-order valence-electron chi connectivity index (χ3n) is 3.62. The van der Waals surface area contributed by atoms with Gasteiger partial charge in [0.2, 0.25) is 11.8 Å². The molecule has 1 unspecified atom stereocenters. The number of ether oxygens (including phenoxy) is 1. The van der Waals surface area contributed by atoms with Crippen LogP contribution in [0.3, 0.4) is 0 Å². The third kappa shape index (κ3) is 5.32. The van der Waals surface area contributed by atoms with Gasteiger partial charge < -0.3 is 15.4 Å². The molecule has 0 spiro atoms. The largest absolute Gasteiger partial charge is 0.465 e. The maximum absolute atomic E-state index is 12.4. The van der Waals surface area contributed by atoms with Crippen molar-refractivity contribution < 1.29 is 19.1 Å². The molecule has 0 aliphatic rings. The Bertz CT molecular complexity index is 823. The average molecular weight is 375 g/mol. The van der Waals surface area contributed by atoms with Crippen molar-refractivity contribution in [1.29, 1.82) is 0 Å². The molecule has 0 aromatic heterocycles. The zero-order valence-corrected chi connectivity index (χ0v) is 15.2. The van der Waals surface area contributed by atoms with E-state index in [2.05, 4.69) is 15.4 Å². The van der Waals surface area contributed by atoms with Crippen LogP contribution in [0.2, 0.25) is 5.02 Å². The summed E-state index contributed by atoms with van der Waals surface area (Å²) in [6, 6.07) is 12.9. The number of anilines is 1. The van der Waals surface area contributed by atoms with Crippen LogP contribution in [0.15, 0.2) is 48.5 Å². The van der Waals surface area contributed by atoms with Crippen LogP contribution < -0.4 is 10.6 Å². The van der Waals surface area contributed by atoms with E-state index in [1.165, 1.54) is 20.1 Å². The number of hydrogen-bond acceptors (Lipinski definition) is 4. The Balaban J connectivity index is 2.14. The maximum atomic E-state index is 12.4. The van der Waals surface area contributed by atoms with Gasteiger partial charge >= 0.3 is 5.97 Å². The number of amides is 2. The molecule has 1 atom stereocenters. The van der Waals surface area contributed by atoms with Crippen LogP contribution in [-0.4, -0.2) is 24.9 Å². The molecule has 0 saturated heterocycles. The molecule has 2 amide bonds. The molecule has 0 aliphatic heterocycles. The van der Waals surface area contributed by atoms with Gasteiger partial charge in [-0.25, -0.2) is 4.79 Å². The van der Waals surface area contributed by atoms with Crippen molar-refractivity contribution in [1.82, 2.24) is 5.32 Å². The van der Waals surface area contributed by atoms with Crippen LogP contribution in [0.1, 0.15) is 35.3 Å². The minimum Gasteiger partial charge on any atom is -0.465 e. The Morgan fingerprint density at radius 2 is 1.85 bits per heavy atom. The van der Waals surface area contributed by atoms with Crippen LogP contribution in [0.4, 0.5) is 5.69 Å². The quantitative estimate of drug-likeness (QED) is 0.759. The van der Waals surface area contributed by atoms with Crippen LogP contribution >= 0.6 is 11.6 Å². The number of hydrogen-bond donors (Lipinski definition) is 2. The predicted molar refractivity (Wildman–Crippen MR) is 99.0 cm³/mol. The van der Waals surface area contributed by atoms with Gasteiger partial charge in [-0.3, -0.25) is 9.59 Å². The molecule has 0 saturated carbocycles. The lowest BCUT2D eigenvalue weighted by Gasteiger charge is -2.19. The molecule has 2 N–H and O–H groups in total. The van der Waals surface area contributed by atoms with Crippen LogP contribution in [-0.2, 0) is 14.3 Å². The van der Waals surface area contributed by atoms with Crippen molar-refractivity contribution in [2.75, 3.05) is 12.4 Å². The van der Waals surface area contributed by atoms with E-state index in [1.54, 1.807) is 42.5 Å². The van der Waals surface area contributed by atoms with Gasteiger partial charge in [-0.15, -0.1) is 0 Å². The lowest BCUT2D eigenvalue weighted by Crippen LogP contribution is -2.30. The van der Waals surface area contributed by atoms with E-state index in [-0.39, 0.29) is 18.2 Å². The molecule has 26 heavy (non-hydrogen) atoms. The van der Waals surface area contributed by atoms with Crippen LogP contribution in [0, 0.1) is 0 Å². The molecule has 0 heterocycles. The van der Waals surface area contributed by atoms with E-state index in [9.17, 15) is 14.4 Å². The highest BCUT2D eigenvalue weighted by atomic mass is 35.5. The summed E-state index contributed by atoms with van der Waals surface area (Å²) >= 11 is 6.18. The molecular weight excluding hydrogens is 356 g/mol. The first-order chi connectivity index (χ1) is 12.4. The number of halogens is 1. The highest BCUT2D eigenvalue weighted by Gasteiger charge is 2.19. The summed E-state index contributed by atoms with van der Waals surface area (Å²) in [5.74, 6) is -1.09. The normalized spacial score (nSPS) is 11.3. The molecule has 6 nitrogen and oxygen atoms in total. The fraction of sp³-hybridized carbons (Fsp3) is 0.211. The Labute approximate surface area is 156 Å². The van der Waals surface area contributed by atoms with Gasteiger partial charge in [0, 0.05) is 17.6 Å². The highest BCUT2D eigenvalue weighted by Crippen LogP contribution is 2.25. The first-order valence-corrected chi connectivity index (χ1v) is 8.28. The van der Waals surface area contributed by atoms with E-state index < -0.39 is 12.0 Å². The van der Waals surface area contributed by atoms with E-state index >= 15 is 0 Å². The molecule has 0 fully saturated rings. The monoisotopic (exact) mass is 374 g/mol. The molecule has 2 aromatic carbocycles. The standard InChI is InChI=1S/C19H19ClN2O4/c1-12(23)21-17(15-8-3-4-9-16(15)20)11-18(24)22-14-7-5-6-13(10-14)19(25)26-2/h3-10,17H,11H2,1-2H3,(H,21,23)(H,22,24). The number of benzene rings is 2. The van der Waals surface area contributed by atoms with Gasteiger partial charge in [-0.2, -0.15) is 0 Å². The number of methoxy groups -OCH3 is 1. The summed E-state index contributed by atoms with van der Waals surface area (Å²) in [5, 5.41) is 5.91. The number of rotatable bonds is 6. The molecule has 2 aromatic rings. The van der Waals surface area contributed by atoms with Gasteiger partial charge in [0.25, 0.3) is 0 Å². The second-order valence-corrected chi connectivity index (χ2v) is 6.01. The summed E-state index contributed by atoms with van der Waals surface area (Å²) in [4.78, 5) is 35.5. The van der Waals surface area contributed by atoms with E-state index in [0.29, 0.717) is 21.8 Å².